The lowest BCUT2D eigenvalue weighted by molar-refractivity contribution is -0.135. The topological polar surface area (TPSA) is 74.6 Å². The van der Waals surface area contributed by atoms with Crippen molar-refractivity contribution in [2.45, 2.75) is 6.92 Å². The first-order valence-corrected chi connectivity index (χ1v) is 4.25. The quantitative estimate of drug-likeness (QED) is 0.449. The fourth-order valence-electron chi connectivity index (χ4n) is 1.03. The molecule has 1 aromatic carbocycles. The molecule has 4 nitrogen and oxygen atoms in total. The predicted octanol–water partition coefficient (Wildman–Crippen LogP) is 1.87. The number of hydrogen-bond donors (Lipinski definition) is 2. The molecule has 2 N–H and O–H groups in total. The van der Waals surface area contributed by atoms with Gasteiger partial charge in [-0.05, 0) is 18.6 Å². The maximum Gasteiger partial charge on any atom is 0.370 e. The van der Waals surface area contributed by atoms with E-state index in [0.29, 0.717) is 11.1 Å². The molecule has 0 saturated heterocycles. The van der Waals surface area contributed by atoms with Crippen molar-refractivity contribution in [2.75, 3.05) is 0 Å². The maximum atomic E-state index is 10.9. The van der Waals surface area contributed by atoms with E-state index < -0.39 is 11.7 Å². The van der Waals surface area contributed by atoms with Gasteiger partial charge in [0.2, 0.25) is 5.76 Å². The lowest BCUT2D eigenvalue weighted by atomic mass is 10.1. The normalized spacial score (nSPS) is 11.1. The van der Waals surface area contributed by atoms with E-state index in [9.17, 15) is 9.59 Å². The van der Waals surface area contributed by atoms with Crippen molar-refractivity contribution in [3.8, 4) is 0 Å². The summed E-state index contributed by atoms with van der Waals surface area (Å²) in [6.07, 6.45) is 1.12. The molecule has 0 heterocycles. The van der Waals surface area contributed by atoms with Crippen LogP contribution in [0.5, 0.6) is 0 Å². The van der Waals surface area contributed by atoms with Gasteiger partial charge < -0.3 is 10.2 Å². The Morgan fingerprint density at radius 1 is 1.13 bits per heavy atom. The molecular formula is C11H10O4. The molecule has 0 fully saturated rings. The highest BCUT2D eigenvalue weighted by Crippen LogP contribution is 2.08. The van der Waals surface area contributed by atoms with Gasteiger partial charge in [-0.25, -0.2) is 4.79 Å². The van der Waals surface area contributed by atoms with Gasteiger partial charge in [-0.1, -0.05) is 24.3 Å². The minimum absolute atomic E-state index is 0.0620. The van der Waals surface area contributed by atoms with Crippen molar-refractivity contribution in [3.63, 3.8) is 0 Å². The van der Waals surface area contributed by atoms with Crippen LogP contribution in [0.3, 0.4) is 0 Å². The van der Waals surface area contributed by atoms with E-state index in [0.717, 1.165) is 6.08 Å². The molecule has 0 radical (unpaired) electrons. The Labute approximate surface area is 86.5 Å². The fourth-order valence-corrected chi connectivity index (χ4v) is 1.03. The third kappa shape index (κ3) is 2.95. The summed E-state index contributed by atoms with van der Waals surface area (Å²) in [5, 5.41) is 17.4. The Morgan fingerprint density at radius 3 is 2.07 bits per heavy atom. The molecule has 0 amide bonds. The summed E-state index contributed by atoms with van der Waals surface area (Å²) in [7, 11) is 0. The Kier molecular flexibility index (Phi) is 3.23. The van der Waals surface area contributed by atoms with E-state index in [1.807, 2.05) is 0 Å². The van der Waals surface area contributed by atoms with E-state index in [4.69, 9.17) is 10.2 Å². The van der Waals surface area contributed by atoms with Crippen molar-refractivity contribution in [2.24, 2.45) is 0 Å². The Bertz CT molecular complexity index is 415. The van der Waals surface area contributed by atoms with E-state index in [2.05, 4.69) is 0 Å². The second-order valence-corrected chi connectivity index (χ2v) is 3.01. The maximum absolute atomic E-state index is 10.9. The largest absolute Gasteiger partial charge is 0.502 e. The van der Waals surface area contributed by atoms with Gasteiger partial charge in [0.05, 0.1) is 0 Å². The summed E-state index contributed by atoms with van der Waals surface area (Å²) < 4.78 is 0. The lowest BCUT2D eigenvalue weighted by Gasteiger charge is -1.97. The van der Waals surface area contributed by atoms with Crippen LogP contribution in [0.15, 0.2) is 30.0 Å². The van der Waals surface area contributed by atoms with Crippen LogP contribution in [0, 0.1) is 0 Å². The van der Waals surface area contributed by atoms with Gasteiger partial charge in [0.25, 0.3) is 0 Å². The molecule has 0 aliphatic heterocycles. The summed E-state index contributed by atoms with van der Waals surface area (Å²) in [4.78, 5) is 21.2. The van der Waals surface area contributed by atoms with Crippen LogP contribution in [0.4, 0.5) is 0 Å². The van der Waals surface area contributed by atoms with Gasteiger partial charge >= 0.3 is 5.97 Å². The molecule has 15 heavy (non-hydrogen) atoms. The third-order valence-corrected chi connectivity index (χ3v) is 1.84. The molecule has 0 aromatic heterocycles. The number of aliphatic hydroxyl groups excluding tert-OH is 1. The molecule has 0 unspecified atom stereocenters. The highest BCUT2D eigenvalue weighted by atomic mass is 16.4. The number of carbonyl (C=O) groups excluding carboxylic acids is 1. The average molecular weight is 206 g/mol. The monoisotopic (exact) mass is 206 g/mol. The van der Waals surface area contributed by atoms with Crippen LogP contribution in [0.2, 0.25) is 0 Å². The Balaban J connectivity index is 2.95. The molecule has 1 aromatic rings. The van der Waals surface area contributed by atoms with Gasteiger partial charge in [0.15, 0.2) is 5.78 Å². The summed E-state index contributed by atoms with van der Waals surface area (Å²) in [5.41, 5.74) is 1.07. The average Bonchev–Trinajstić information content (AvgIpc) is 2.18. The van der Waals surface area contributed by atoms with Crippen LogP contribution in [0.1, 0.15) is 22.8 Å². The predicted molar refractivity (Wildman–Crippen MR) is 54.7 cm³/mol. The SMILES string of the molecule is CC(=O)c1ccc(/C=C(/O)C(=O)O)cc1. The number of aliphatic carboxylic acids is 1. The minimum atomic E-state index is -1.38. The van der Waals surface area contributed by atoms with Crippen molar-refractivity contribution >= 4 is 17.8 Å². The lowest BCUT2D eigenvalue weighted by Crippen LogP contribution is -1.98. The number of rotatable bonds is 3. The van der Waals surface area contributed by atoms with Crippen LogP contribution < -0.4 is 0 Å². The van der Waals surface area contributed by atoms with Gasteiger partial charge in [0.1, 0.15) is 0 Å². The number of ketones is 1. The number of aliphatic hydroxyl groups is 1. The van der Waals surface area contributed by atoms with Gasteiger partial charge in [0, 0.05) is 5.56 Å². The van der Waals surface area contributed by atoms with E-state index >= 15 is 0 Å². The minimum Gasteiger partial charge on any atom is -0.502 e. The molecule has 78 valence electrons. The van der Waals surface area contributed by atoms with Crippen LogP contribution >= 0.6 is 0 Å². The van der Waals surface area contributed by atoms with Crippen molar-refractivity contribution < 1.29 is 19.8 Å². The standard InChI is InChI=1S/C11H10O4/c1-7(12)9-4-2-8(3-5-9)6-10(13)11(14)15/h2-6,13H,1H3,(H,14,15)/b10-6+. The molecule has 1 rings (SSSR count). The molecule has 0 aliphatic carbocycles. The molecule has 0 saturated carbocycles. The van der Waals surface area contributed by atoms with Crippen LogP contribution in [0.25, 0.3) is 6.08 Å². The molecule has 4 heteroatoms. The fraction of sp³-hybridized carbons (Fsp3) is 0.0909. The molecular weight excluding hydrogens is 196 g/mol. The van der Waals surface area contributed by atoms with E-state index in [-0.39, 0.29) is 5.78 Å². The van der Waals surface area contributed by atoms with Gasteiger partial charge in [-0.15, -0.1) is 0 Å². The smallest absolute Gasteiger partial charge is 0.370 e. The van der Waals surface area contributed by atoms with Crippen LogP contribution in [-0.2, 0) is 4.79 Å². The summed E-state index contributed by atoms with van der Waals surface area (Å²) in [6.45, 7) is 1.44. The summed E-state index contributed by atoms with van der Waals surface area (Å²) in [6, 6.07) is 6.28. The first kappa shape index (κ1) is 11.0. The Hall–Kier alpha value is -2.10. The second-order valence-electron chi connectivity index (χ2n) is 3.01. The number of hydrogen-bond acceptors (Lipinski definition) is 3. The summed E-state index contributed by atoms with van der Waals surface area (Å²) in [5.74, 6) is -2.18. The third-order valence-electron chi connectivity index (χ3n) is 1.84. The van der Waals surface area contributed by atoms with Crippen molar-refractivity contribution in [1.82, 2.24) is 0 Å². The molecule has 0 atom stereocenters. The van der Waals surface area contributed by atoms with Crippen molar-refractivity contribution in [3.05, 3.63) is 41.2 Å². The zero-order chi connectivity index (χ0) is 11.4. The number of benzene rings is 1. The zero-order valence-corrected chi connectivity index (χ0v) is 8.10. The molecule has 0 aliphatic rings. The first-order valence-electron chi connectivity index (χ1n) is 4.25. The number of Topliss-reactive ketones (excluding diaryl/α,β-unsaturated/α-hetero) is 1. The number of carboxylic acid groups (broad SMARTS) is 1. The zero-order valence-electron chi connectivity index (χ0n) is 8.10. The molecule has 0 spiro atoms. The van der Waals surface area contributed by atoms with Gasteiger partial charge in [-0.3, -0.25) is 4.79 Å². The number of carboxylic acids is 1. The highest BCUT2D eigenvalue weighted by molar-refractivity contribution is 5.94. The van der Waals surface area contributed by atoms with Crippen molar-refractivity contribution in [1.29, 1.82) is 0 Å². The number of carbonyl (C=O) groups is 2. The first-order chi connectivity index (χ1) is 7.00. The van der Waals surface area contributed by atoms with E-state index in [1.165, 1.54) is 6.92 Å². The van der Waals surface area contributed by atoms with E-state index in [1.54, 1.807) is 24.3 Å². The van der Waals surface area contributed by atoms with Crippen LogP contribution in [-0.4, -0.2) is 22.0 Å². The summed E-state index contributed by atoms with van der Waals surface area (Å²) >= 11 is 0. The molecule has 0 bridgehead atoms. The van der Waals surface area contributed by atoms with Gasteiger partial charge in [-0.2, -0.15) is 0 Å². The second kappa shape index (κ2) is 4.41. The Morgan fingerprint density at radius 2 is 1.67 bits per heavy atom. The highest BCUT2D eigenvalue weighted by Gasteiger charge is 2.03.